The molecule has 0 amide bonds. The van der Waals surface area contributed by atoms with E-state index < -0.39 is 11.6 Å². The summed E-state index contributed by atoms with van der Waals surface area (Å²) in [5.74, 6) is 0.0969. The van der Waals surface area contributed by atoms with Crippen LogP contribution >= 0.6 is 0 Å². The molecule has 0 bridgehead atoms. The molecule has 2 fully saturated rings. The van der Waals surface area contributed by atoms with Gasteiger partial charge in [0.2, 0.25) is 11.7 Å². The van der Waals surface area contributed by atoms with Crippen molar-refractivity contribution in [1.29, 1.82) is 0 Å². The number of hydrogen-bond donors (Lipinski definition) is 1. The van der Waals surface area contributed by atoms with E-state index in [9.17, 15) is 4.79 Å². The smallest absolute Gasteiger partial charge is 0.306 e. The maximum absolute atomic E-state index is 11.0. The molecule has 2 heterocycles. The van der Waals surface area contributed by atoms with Crippen molar-refractivity contribution in [3.05, 3.63) is 11.7 Å². The normalized spacial score (nSPS) is 28.6. The summed E-state index contributed by atoms with van der Waals surface area (Å²) in [4.78, 5) is 15.5. The van der Waals surface area contributed by atoms with Gasteiger partial charge in [0.05, 0.1) is 5.92 Å². The van der Waals surface area contributed by atoms with Crippen LogP contribution in [0, 0.1) is 5.92 Å². The van der Waals surface area contributed by atoms with E-state index in [0.717, 1.165) is 6.42 Å². The summed E-state index contributed by atoms with van der Waals surface area (Å²) in [6.07, 6.45) is 3.42. The molecule has 116 valence electrons. The maximum atomic E-state index is 11.0. The summed E-state index contributed by atoms with van der Waals surface area (Å²) in [5.41, 5.74) is -0.537. The fraction of sp³-hybridized carbons (Fsp3) is 0.786. The maximum Gasteiger partial charge on any atom is 0.306 e. The van der Waals surface area contributed by atoms with Crippen LogP contribution in [0.1, 0.15) is 49.7 Å². The van der Waals surface area contributed by atoms with Gasteiger partial charge in [-0.2, -0.15) is 4.98 Å². The average Bonchev–Trinajstić information content (AvgIpc) is 3.17. The van der Waals surface area contributed by atoms with Crippen LogP contribution in [0.5, 0.6) is 0 Å². The Kier molecular flexibility index (Phi) is 3.95. The lowest BCUT2D eigenvalue weighted by Gasteiger charge is -2.32. The molecule has 7 heteroatoms. The molecule has 1 aliphatic carbocycles. The van der Waals surface area contributed by atoms with Crippen molar-refractivity contribution in [2.45, 2.75) is 43.6 Å². The van der Waals surface area contributed by atoms with Crippen LogP contribution in [-0.4, -0.2) is 41.5 Å². The molecule has 3 rings (SSSR count). The summed E-state index contributed by atoms with van der Waals surface area (Å²) >= 11 is 0. The predicted molar refractivity (Wildman–Crippen MR) is 70.8 cm³/mol. The zero-order valence-corrected chi connectivity index (χ0v) is 12.1. The van der Waals surface area contributed by atoms with Crippen molar-refractivity contribution >= 4 is 5.97 Å². The molecule has 1 aromatic heterocycles. The van der Waals surface area contributed by atoms with Gasteiger partial charge in [-0.05, 0) is 19.3 Å². The van der Waals surface area contributed by atoms with Gasteiger partial charge >= 0.3 is 5.97 Å². The molecule has 1 saturated heterocycles. The molecule has 1 aromatic rings. The van der Waals surface area contributed by atoms with Crippen molar-refractivity contribution in [2.24, 2.45) is 5.92 Å². The number of ether oxygens (including phenoxy) is 2. The zero-order chi connectivity index (χ0) is 14.9. The Balaban J connectivity index is 1.75. The molecule has 2 atom stereocenters. The van der Waals surface area contributed by atoms with Gasteiger partial charge < -0.3 is 19.1 Å². The highest BCUT2D eigenvalue weighted by molar-refractivity contribution is 5.70. The molecule has 1 N–H and O–H groups in total. The van der Waals surface area contributed by atoms with E-state index in [0.29, 0.717) is 50.6 Å². The van der Waals surface area contributed by atoms with Crippen LogP contribution in [0.3, 0.4) is 0 Å². The lowest BCUT2D eigenvalue weighted by Crippen LogP contribution is -2.36. The van der Waals surface area contributed by atoms with Crippen molar-refractivity contribution in [3.63, 3.8) is 0 Å². The average molecular weight is 296 g/mol. The molecular weight excluding hydrogens is 276 g/mol. The number of aliphatic carboxylic acids is 1. The monoisotopic (exact) mass is 296 g/mol. The van der Waals surface area contributed by atoms with Crippen LogP contribution in [0.2, 0.25) is 0 Å². The molecule has 1 aliphatic heterocycles. The molecule has 2 aliphatic rings. The SMILES string of the molecule is COC1(c2noc(C3CCC(C(=O)O)C3)n2)CCOCC1. The third-order valence-corrected chi connectivity index (χ3v) is 4.67. The quantitative estimate of drug-likeness (QED) is 0.903. The lowest BCUT2D eigenvalue weighted by molar-refractivity contribution is -0.141. The highest BCUT2D eigenvalue weighted by Crippen LogP contribution is 2.39. The highest BCUT2D eigenvalue weighted by atomic mass is 16.5. The molecule has 1 saturated carbocycles. The number of rotatable bonds is 4. The number of methoxy groups -OCH3 is 1. The van der Waals surface area contributed by atoms with Gasteiger partial charge in [-0.15, -0.1) is 0 Å². The first-order chi connectivity index (χ1) is 10.1. The van der Waals surface area contributed by atoms with Crippen LogP contribution in [-0.2, 0) is 19.9 Å². The Morgan fingerprint density at radius 2 is 2.14 bits per heavy atom. The number of hydrogen-bond acceptors (Lipinski definition) is 6. The highest BCUT2D eigenvalue weighted by Gasteiger charge is 2.41. The largest absolute Gasteiger partial charge is 0.481 e. The van der Waals surface area contributed by atoms with E-state index in [-0.39, 0.29) is 11.8 Å². The first-order valence-electron chi connectivity index (χ1n) is 7.34. The number of nitrogens with zero attached hydrogens (tertiary/aromatic N) is 2. The summed E-state index contributed by atoms with van der Waals surface area (Å²) in [6, 6.07) is 0. The Labute approximate surface area is 122 Å². The lowest BCUT2D eigenvalue weighted by atomic mass is 9.93. The third kappa shape index (κ3) is 2.67. The van der Waals surface area contributed by atoms with Crippen molar-refractivity contribution in [2.75, 3.05) is 20.3 Å². The summed E-state index contributed by atoms with van der Waals surface area (Å²) in [5, 5.41) is 13.1. The van der Waals surface area contributed by atoms with Crippen molar-refractivity contribution < 1.29 is 23.9 Å². The Hall–Kier alpha value is -1.47. The molecule has 0 spiro atoms. The van der Waals surface area contributed by atoms with Gasteiger partial charge in [0.15, 0.2) is 0 Å². The van der Waals surface area contributed by atoms with E-state index in [2.05, 4.69) is 10.1 Å². The van der Waals surface area contributed by atoms with Gasteiger partial charge in [0, 0.05) is 39.1 Å². The van der Waals surface area contributed by atoms with Gasteiger partial charge in [-0.3, -0.25) is 4.79 Å². The summed E-state index contributed by atoms with van der Waals surface area (Å²) in [7, 11) is 1.65. The molecular formula is C14H20N2O5. The van der Waals surface area contributed by atoms with Gasteiger partial charge in [0.25, 0.3) is 0 Å². The Morgan fingerprint density at radius 1 is 1.38 bits per heavy atom. The third-order valence-electron chi connectivity index (χ3n) is 4.67. The van der Waals surface area contributed by atoms with Crippen molar-refractivity contribution in [3.8, 4) is 0 Å². The fourth-order valence-corrected chi connectivity index (χ4v) is 3.24. The number of carboxylic acid groups (broad SMARTS) is 1. The number of carbonyl (C=O) groups is 1. The van der Waals surface area contributed by atoms with Crippen LogP contribution in [0.15, 0.2) is 4.52 Å². The Morgan fingerprint density at radius 3 is 2.76 bits per heavy atom. The van der Waals surface area contributed by atoms with Crippen LogP contribution in [0.25, 0.3) is 0 Å². The minimum Gasteiger partial charge on any atom is -0.481 e. The summed E-state index contributed by atoms with van der Waals surface area (Å²) < 4.78 is 16.4. The Bertz CT molecular complexity index is 509. The van der Waals surface area contributed by atoms with E-state index in [1.54, 1.807) is 7.11 Å². The van der Waals surface area contributed by atoms with E-state index >= 15 is 0 Å². The molecule has 0 radical (unpaired) electrons. The first kappa shape index (κ1) is 14.5. The summed E-state index contributed by atoms with van der Waals surface area (Å²) in [6.45, 7) is 1.23. The molecule has 2 unspecified atom stereocenters. The molecule has 21 heavy (non-hydrogen) atoms. The second-order valence-corrected chi connectivity index (χ2v) is 5.81. The van der Waals surface area contributed by atoms with E-state index in [4.69, 9.17) is 19.1 Å². The number of aromatic nitrogens is 2. The predicted octanol–water partition coefficient (Wildman–Crippen LogP) is 1.69. The van der Waals surface area contributed by atoms with Crippen LogP contribution < -0.4 is 0 Å². The fourth-order valence-electron chi connectivity index (χ4n) is 3.24. The first-order valence-corrected chi connectivity index (χ1v) is 7.34. The standard InChI is InChI=1S/C14H20N2O5/c1-19-14(4-6-20-7-5-14)13-15-11(21-16-13)9-2-3-10(8-9)12(17)18/h9-10H,2-8H2,1H3,(H,17,18). The van der Waals surface area contributed by atoms with Crippen LogP contribution in [0.4, 0.5) is 0 Å². The van der Waals surface area contributed by atoms with E-state index in [1.807, 2.05) is 0 Å². The molecule has 0 aromatic carbocycles. The molecule has 7 nitrogen and oxygen atoms in total. The minimum absolute atomic E-state index is 0.0427. The van der Waals surface area contributed by atoms with E-state index in [1.165, 1.54) is 0 Å². The topological polar surface area (TPSA) is 94.7 Å². The second-order valence-electron chi connectivity index (χ2n) is 5.81. The van der Waals surface area contributed by atoms with Gasteiger partial charge in [0.1, 0.15) is 5.60 Å². The van der Waals surface area contributed by atoms with Gasteiger partial charge in [-0.1, -0.05) is 5.16 Å². The second kappa shape index (κ2) is 5.73. The van der Waals surface area contributed by atoms with Crippen molar-refractivity contribution in [1.82, 2.24) is 10.1 Å². The van der Waals surface area contributed by atoms with Gasteiger partial charge in [-0.25, -0.2) is 0 Å². The minimum atomic E-state index is -0.741. The zero-order valence-electron chi connectivity index (χ0n) is 12.1. The number of carboxylic acids is 1.